The first kappa shape index (κ1) is 17.0. The summed E-state index contributed by atoms with van der Waals surface area (Å²) in [7, 11) is 0. The Morgan fingerprint density at radius 1 is 1.12 bits per heavy atom. The highest BCUT2D eigenvalue weighted by molar-refractivity contribution is 5.79. The Morgan fingerprint density at radius 2 is 1.88 bits per heavy atom. The maximum atomic E-state index is 12.8. The summed E-state index contributed by atoms with van der Waals surface area (Å²) in [6.07, 6.45) is 1.36. The van der Waals surface area contributed by atoms with Crippen LogP contribution in [0.1, 0.15) is 37.8 Å². The lowest BCUT2D eigenvalue weighted by Crippen LogP contribution is -2.46. The van der Waals surface area contributed by atoms with Crippen LogP contribution in [0.4, 0.5) is 19.1 Å². The summed E-state index contributed by atoms with van der Waals surface area (Å²) in [6, 6.07) is 0.865. The number of alkyl halides is 3. The molecule has 5 nitrogen and oxygen atoms in total. The number of hydrogen-bond donors (Lipinski definition) is 0. The number of amides is 1. The number of anilines is 1. The van der Waals surface area contributed by atoms with Gasteiger partial charge in [0.2, 0.25) is 11.9 Å². The summed E-state index contributed by atoms with van der Waals surface area (Å²) in [5.74, 6) is -0.0117. The van der Waals surface area contributed by atoms with Crippen LogP contribution in [-0.4, -0.2) is 47.0 Å². The third kappa shape index (κ3) is 3.79. The summed E-state index contributed by atoms with van der Waals surface area (Å²) >= 11 is 0. The molecule has 0 spiro atoms. The number of hydrogen-bond acceptors (Lipinski definition) is 4. The third-order valence-corrected chi connectivity index (χ3v) is 4.65. The van der Waals surface area contributed by atoms with E-state index in [-0.39, 0.29) is 17.8 Å². The number of carbonyl (C=O) groups is 1. The molecule has 2 aliphatic rings. The molecule has 2 fully saturated rings. The first-order valence-electron chi connectivity index (χ1n) is 8.39. The molecule has 1 amide bonds. The predicted octanol–water partition coefficient (Wildman–Crippen LogP) is 2.72. The van der Waals surface area contributed by atoms with E-state index in [0.717, 1.165) is 57.5 Å². The van der Waals surface area contributed by atoms with E-state index in [1.165, 1.54) is 0 Å². The van der Waals surface area contributed by atoms with Gasteiger partial charge in [-0.1, -0.05) is 0 Å². The van der Waals surface area contributed by atoms with E-state index in [4.69, 9.17) is 0 Å². The Morgan fingerprint density at radius 3 is 2.58 bits per heavy atom. The molecular formula is C16H21F3N4O. The molecule has 3 rings (SSSR count). The molecule has 1 unspecified atom stereocenters. The van der Waals surface area contributed by atoms with Gasteiger partial charge in [0.05, 0.1) is 5.92 Å². The molecule has 0 N–H and O–H groups in total. The summed E-state index contributed by atoms with van der Waals surface area (Å²) in [6.45, 7) is 2.53. The number of aromatic nitrogens is 2. The Hall–Kier alpha value is -1.86. The number of likely N-dealkylation sites (tertiary alicyclic amines) is 1. The van der Waals surface area contributed by atoms with Crippen LogP contribution in [0.25, 0.3) is 0 Å². The fraction of sp³-hybridized carbons (Fsp3) is 0.688. The highest BCUT2D eigenvalue weighted by atomic mass is 19.4. The van der Waals surface area contributed by atoms with Gasteiger partial charge >= 0.3 is 6.18 Å². The second-order valence-corrected chi connectivity index (χ2v) is 6.41. The van der Waals surface area contributed by atoms with E-state index >= 15 is 0 Å². The van der Waals surface area contributed by atoms with Gasteiger partial charge in [-0.3, -0.25) is 4.79 Å². The quantitative estimate of drug-likeness (QED) is 0.829. The lowest BCUT2D eigenvalue weighted by molar-refractivity contribution is -0.141. The van der Waals surface area contributed by atoms with Gasteiger partial charge in [-0.25, -0.2) is 9.97 Å². The van der Waals surface area contributed by atoms with Crippen LogP contribution in [0.5, 0.6) is 0 Å². The summed E-state index contributed by atoms with van der Waals surface area (Å²) < 4.78 is 38.4. The van der Waals surface area contributed by atoms with E-state index < -0.39 is 11.9 Å². The summed E-state index contributed by atoms with van der Waals surface area (Å²) in [5, 5.41) is 0. The van der Waals surface area contributed by atoms with Crippen molar-refractivity contribution in [3.8, 4) is 0 Å². The monoisotopic (exact) mass is 342 g/mol. The molecule has 2 saturated heterocycles. The number of carbonyl (C=O) groups excluding carboxylic acids is 1. The van der Waals surface area contributed by atoms with Crippen LogP contribution in [0.2, 0.25) is 0 Å². The van der Waals surface area contributed by atoms with Crippen molar-refractivity contribution < 1.29 is 18.0 Å². The minimum Gasteiger partial charge on any atom is -0.342 e. The number of rotatable bonds is 2. The van der Waals surface area contributed by atoms with Crippen LogP contribution in [0.15, 0.2) is 12.3 Å². The predicted molar refractivity (Wildman–Crippen MR) is 82.4 cm³/mol. The van der Waals surface area contributed by atoms with Gasteiger partial charge in [0.25, 0.3) is 0 Å². The van der Waals surface area contributed by atoms with Crippen LogP contribution < -0.4 is 4.90 Å². The van der Waals surface area contributed by atoms with Gasteiger partial charge in [0.1, 0.15) is 5.69 Å². The SMILES string of the molecule is O=C(C1CCCN(c2nccc(C(F)(F)F)n2)C1)N1CCCCC1. The van der Waals surface area contributed by atoms with Crippen molar-refractivity contribution in [2.45, 2.75) is 38.3 Å². The lowest BCUT2D eigenvalue weighted by atomic mass is 9.95. The van der Waals surface area contributed by atoms with Gasteiger partial charge in [-0.2, -0.15) is 13.2 Å². The summed E-state index contributed by atoms with van der Waals surface area (Å²) in [4.78, 5) is 23.8. The highest BCUT2D eigenvalue weighted by Gasteiger charge is 2.35. The minimum atomic E-state index is -4.49. The standard InChI is InChI=1S/C16H21F3N4O/c17-16(18,19)13-6-7-20-15(21-13)23-10-4-5-12(11-23)14(24)22-8-2-1-3-9-22/h6-7,12H,1-5,8-11H2. The number of piperidine rings is 2. The average Bonchev–Trinajstić information content (AvgIpc) is 2.61. The third-order valence-electron chi connectivity index (χ3n) is 4.65. The molecule has 0 saturated carbocycles. The van der Waals surface area contributed by atoms with E-state index in [9.17, 15) is 18.0 Å². The highest BCUT2D eigenvalue weighted by Crippen LogP contribution is 2.29. The minimum absolute atomic E-state index is 0.0565. The molecule has 0 bridgehead atoms. The van der Waals surface area contributed by atoms with E-state index in [1.807, 2.05) is 4.90 Å². The first-order chi connectivity index (χ1) is 11.4. The van der Waals surface area contributed by atoms with Crippen molar-refractivity contribution >= 4 is 11.9 Å². The van der Waals surface area contributed by atoms with Gasteiger partial charge in [-0.15, -0.1) is 0 Å². The van der Waals surface area contributed by atoms with Gasteiger partial charge in [0.15, 0.2) is 0 Å². The fourth-order valence-corrected chi connectivity index (χ4v) is 3.39. The van der Waals surface area contributed by atoms with Gasteiger partial charge in [-0.05, 0) is 38.2 Å². The molecule has 0 aliphatic carbocycles. The number of halogens is 3. The smallest absolute Gasteiger partial charge is 0.342 e. The Kier molecular flexibility index (Phi) is 4.91. The van der Waals surface area contributed by atoms with Gasteiger partial charge in [0, 0.05) is 32.4 Å². The largest absolute Gasteiger partial charge is 0.433 e. The van der Waals surface area contributed by atoms with Crippen LogP contribution in [0, 0.1) is 5.92 Å². The molecule has 1 atom stereocenters. The zero-order valence-electron chi connectivity index (χ0n) is 13.4. The Balaban J connectivity index is 1.70. The van der Waals surface area contributed by atoms with Crippen molar-refractivity contribution in [3.63, 3.8) is 0 Å². The van der Waals surface area contributed by atoms with E-state index in [2.05, 4.69) is 9.97 Å². The molecule has 24 heavy (non-hydrogen) atoms. The van der Waals surface area contributed by atoms with Crippen LogP contribution in [0.3, 0.4) is 0 Å². The molecule has 1 aromatic heterocycles. The lowest BCUT2D eigenvalue weighted by Gasteiger charge is -2.36. The zero-order valence-corrected chi connectivity index (χ0v) is 13.4. The average molecular weight is 342 g/mol. The van der Waals surface area contributed by atoms with E-state index in [1.54, 1.807) is 4.90 Å². The summed E-state index contributed by atoms with van der Waals surface area (Å²) in [5.41, 5.74) is -0.947. The molecule has 0 radical (unpaired) electrons. The van der Waals surface area contributed by atoms with Gasteiger partial charge < -0.3 is 9.80 Å². The topological polar surface area (TPSA) is 49.3 Å². The van der Waals surface area contributed by atoms with Crippen molar-refractivity contribution in [2.24, 2.45) is 5.92 Å². The molecule has 3 heterocycles. The van der Waals surface area contributed by atoms with Crippen molar-refractivity contribution in [2.75, 3.05) is 31.1 Å². The Bertz CT molecular complexity index is 587. The maximum absolute atomic E-state index is 12.8. The van der Waals surface area contributed by atoms with Crippen molar-refractivity contribution in [3.05, 3.63) is 18.0 Å². The van der Waals surface area contributed by atoms with Crippen molar-refractivity contribution in [1.82, 2.24) is 14.9 Å². The van der Waals surface area contributed by atoms with E-state index in [0.29, 0.717) is 13.1 Å². The van der Waals surface area contributed by atoms with Crippen LogP contribution >= 0.6 is 0 Å². The zero-order chi connectivity index (χ0) is 17.2. The molecule has 1 aromatic rings. The normalized spacial score (nSPS) is 22.5. The fourth-order valence-electron chi connectivity index (χ4n) is 3.39. The van der Waals surface area contributed by atoms with Crippen molar-refractivity contribution in [1.29, 1.82) is 0 Å². The second kappa shape index (κ2) is 6.94. The van der Waals surface area contributed by atoms with Crippen LogP contribution in [-0.2, 0) is 11.0 Å². The Labute approximate surface area is 138 Å². The number of nitrogens with zero attached hydrogens (tertiary/aromatic N) is 4. The second-order valence-electron chi connectivity index (χ2n) is 6.41. The molecule has 132 valence electrons. The molecular weight excluding hydrogens is 321 g/mol. The molecule has 0 aromatic carbocycles. The molecule has 2 aliphatic heterocycles. The first-order valence-corrected chi connectivity index (χ1v) is 8.39. The maximum Gasteiger partial charge on any atom is 0.433 e. The molecule has 8 heteroatoms.